The van der Waals surface area contributed by atoms with Crippen LogP contribution >= 0.6 is 0 Å². The van der Waals surface area contributed by atoms with Crippen molar-refractivity contribution in [2.75, 3.05) is 49.6 Å². The second kappa shape index (κ2) is 14.3. The number of benzene rings is 2. The third-order valence-corrected chi connectivity index (χ3v) is 6.00. The van der Waals surface area contributed by atoms with Crippen molar-refractivity contribution in [1.29, 1.82) is 0 Å². The standard InChI is InChI=1S/C22H27N3O2.2C2H2O4/c1-17-15-18-7-3-4-8-19(18)25(17)22(26)16-23-11-13-24(14-12-23)20-9-5-6-10-21(20)27-2;2*3-1(4)2(5)6/h3-10,17H,11-16H2,1-2H3;2*(H,3,4)(H,5,6). The number of carboxylic acid groups (broad SMARTS) is 4. The van der Waals surface area contributed by atoms with Gasteiger partial charge in [-0.05, 0) is 37.1 Å². The first-order valence-corrected chi connectivity index (χ1v) is 11.9. The van der Waals surface area contributed by atoms with Crippen LogP contribution in [0.1, 0.15) is 12.5 Å². The van der Waals surface area contributed by atoms with E-state index in [2.05, 4.69) is 41.0 Å². The van der Waals surface area contributed by atoms with E-state index in [-0.39, 0.29) is 11.9 Å². The van der Waals surface area contributed by atoms with Crippen LogP contribution < -0.4 is 14.5 Å². The molecule has 1 fully saturated rings. The maximum absolute atomic E-state index is 13.0. The summed E-state index contributed by atoms with van der Waals surface area (Å²) in [6, 6.07) is 16.6. The van der Waals surface area contributed by atoms with E-state index < -0.39 is 23.9 Å². The molecule has 0 aliphatic carbocycles. The minimum atomic E-state index is -1.82. The Morgan fingerprint density at radius 3 is 1.77 bits per heavy atom. The molecule has 1 amide bonds. The second-order valence-electron chi connectivity index (χ2n) is 8.60. The Kier molecular flexibility index (Phi) is 11.2. The van der Waals surface area contributed by atoms with Crippen LogP contribution in [0.5, 0.6) is 5.75 Å². The van der Waals surface area contributed by atoms with Crippen molar-refractivity contribution < 1.29 is 49.1 Å². The number of ether oxygens (including phenoxy) is 1. The predicted octanol–water partition coefficient (Wildman–Crippen LogP) is 1.11. The van der Waals surface area contributed by atoms with Gasteiger partial charge in [0, 0.05) is 37.9 Å². The van der Waals surface area contributed by atoms with Crippen molar-refractivity contribution in [3.05, 3.63) is 54.1 Å². The molecule has 13 nitrogen and oxygen atoms in total. The Morgan fingerprint density at radius 1 is 0.769 bits per heavy atom. The summed E-state index contributed by atoms with van der Waals surface area (Å²) < 4.78 is 5.49. The summed E-state index contributed by atoms with van der Waals surface area (Å²) in [6.07, 6.45) is 0.948. The summed E-state index contributed by atoms with van der Waals surface area (Å²) in [6.45, 7) is 6.19. The summed E-state index contributed by atoms with van der Waals surface area (Å²) in [5.74, 6) is -6.18. The summed E-state index contributed by atoms with van der Waals surface area (Å²) in [4.78, 5) is 56.0. The average molecular weight is 546 g/mol. The predicted molar refractivity (Wildman–Crippen MR) is 139 cm³/mol. The van der Waals surface area contributed by atoms with Gasteiger partial charge in [0.15, 0.2) is 0 Å². The largest absolute Gasteiger partial charge is 0.495 e. The molecule has 13 heteroatoms. The molecule has 2 aliphatic heterocycles. The van der Waals surface area contributed by atoms with Crippen LogP contribution in [0.3, 0.4) is 0 Å². The Hall–Kier alpha value is -4.65. The minimum Gasteiger partial charge on any atom is -0.495 e. The van der Waals surface area contributed by atoms with Gasteiger partial charge in [0.25, 0.3) is 0 Å². The van der Waals surface area contributed by atoms with E-state index in [9.17, 15) is 4.79 Å². The van der Waals surface area contributed by atoms with Crippen molar-refractivity contribution >= 4 is 41.2 Å². The summed E-state index contributed by atoms with van der Waals surface area (Å²) in [5.41, 5.74) is 3.50. The van der Waals surface area contributed by atoms with Gasteiger partial charge in [-0.15, -0.1) is 0 Å². The van der Waals surface area contributed by atoms with Gasteiger partial charge in [0.1, 0.15) is 5.75 Å². The molecule has 4 N–H and O–H groups in total. The second-order valence-corrected chi connectivity index (χ2v) is 8.60. The van der Waals surface area contributed by atoms with Crippen molar-refractivity contribution in [2.45, 2.75) is 19.4 Å². The molecular formula is C26H31N3O10. The zero-order chi connectivity index (χ0) is 29.1. The normalized spacial score (nSPS) is 16.0. The summed E-state index contributed by atoms with van der Waals surface area (Å²) in [7, 11) is 1.71. The Bertz CT molecular complexity index is 1150. The fraction of sp³-hybridized carbons (Fsp3) is 0.346. The average Bonchev–Trinajstić information content (AvgIpc) is 3.25. The van der Waals surface area contributed by atoms with Crippen LogP contribution in [0.15, 0.2) is 48.5 Å². The highest BCUT2D eigenvalue weighted by Crippen LogP contribution is 2.32. The number of piperazine rings is 1. The number of aliphatic carboxylic acids is 4. The minimum absolute atomic E-state index is 0.207. The Morgan fingerprint density at radius 2 is 1.26 bits per heavy atom. The highest BCUT2D eigenvalue weighted by molar-refractivity contribution is 6.27. The van der Waals surface area contributed by atoms with E-state index in [0.29, 0.717) is 6.54 Å². The molecule has 2 aliphatic rings. The zero-order valence-electron chi connectivity index (χ0n) is 21.5. The number of rotatable bonds is 4. The number of hydrogen-bond acceptors (Lipinski definition) is 8. The number of amides is 1. The number of hydrogen-bond donors (Lipinski definition) is 4. The lowest BCUT2D eigenvalue weighted by atomic mass is 10.1. The molecule has 2 heterocycles. The van der Waals surface area contributed by atoms with E-state index >= 15 is 0 Å². The fourth-order valence-corrected chi connectivity index (χ4v) is 4.25. The van der Waals surface area contributed by atoms with Crippen molar-refractivity contribution in [2.24, 2.45) is 0 Å². The van der Waals surface area contributed by atoms with Crippen molar-refractivity contribution in [3.8, 4) is 5.75 Å². The number of carbonyl (C=O) groups excluding carboxylic acids is 1. The van der Waals surface area contributed by atoms with Crippen LogP contribution in [-0.4, -0.2) is 101 Å². The number of para-hydroxylation sites is 3. The molecule has 1 unspecified atom stereocenters. The molecule has 0 spiro atoms. The van der Waals surface area contributed by atoms with Gasteiger partial charge in [-0.1, -0.05) is 30.3 Å². The van der Waals surface area contributed by atoms with Gasteiger partial charge in [0.2, 0.25) is 5.91 Å². The van der Waals surface area contributed by atoms with Crippen LogP contribution in [0.25, 0.3) is 0 Å². The van der Waals surface area contributed by atoms with Gasteiger partial charge in [-0.2, -0.15) is 0 Å². The van der Waals surface area contributed by atoms with Crippen molar-refractivity contribution in [3.63, 3.8) is 0 Å². The smallest absolute Gasteiger partial charge is 0.414 e. The summed E-state index contributed by atoms with van der Waals surface area (Å²) in [5, 5.41) is 29.6. The van der Waals surface area contributed by atoms with E-state index in [1.807, 2.05) is 29.2 Å². The number of methoxy groups -OCH3 is 1. The zero-order valence-corrected chi connectivity index (χ0v) is 21.5. The molecule has 0 radical (unpaired) electrons. The molecule has 0 saturated carbocycles. The van der Waals surface area contributed by atoms with Gasteiger partial charge < -0.3 is 35.0 Å². The number of carbonyl (C=O) groups is 5. The van der Waals surface area contributed by atoms with Gasteiger partial charge in [-0.25, -0.2) is 19.2 Å². The molecule has 0 aromatic heterocycles. The van der Waals surface area contributed by atoms with E-state index in [1.54, 1.807) is 7.11 Å². The van der Waals surface area contributed by atoms with Crippen LogP contribution in [0.4, 0.5) is 11.4 Å². The molecule has 1 saturated heterocycles. The fourth-order valence-electron chi connectivity index (χ4n) is 4.25. The van der Waals surface area contributed by atoms with E-state index in [1.165, 1.54) is 5.56 Å². The molecule has 4 rings (SSSR count). The van der Waals surface area contributed by atoms with Crippen LogP contribution in [0.2, 0.25) is 0 Å². The summed E-state index contributed by atoms with van der Waals surface area (Å²) >= 11 is 0. The third kappa shape index (κ3) is 8.71. The van der Waals surface area contributed by atoms with Crippen molar-refractivity contribution in [1.82, 2.24) is 4.90 Å². The van der Waals surface area contributed by atoms with Crippen LogP contribution in [-0.2, 0) is 30.4 Å². The molecule has 210 valence electrons. The van der Waals surface area contributed by atoms with Crippen LogP contribution in [0, 0.1) is 0 Å². The maximum atomic E-state index is 13.0. The van der Waals surface area contributed by atoms with Gasteiger partial charge in [-0.3, -0.25) is 9.69 Å². The maximum Gasteiger partial charge on any atom is 0.414 e. The first kappa shape index (κ1) is 30.6. The Labute approximate surface area is 224 Å². The lowest BCUT2D eigenvalue weighted by molar-refractivity contribution is -0.159. The quantitative estimate of drug-likeness (QED) is 0.402. The van der Waals surface area contributed by atoms with E-state index in [0.717, 1.165) is 49.7 Å². The number of carboxylic acids is 4. The third-order valence-electron chi connectivity index (χ3n) is 6.00. The van der Waals surface area contributed by atoms with E-state index in [4.69, 9.17) is 44.3 Å². The number of nitrogens with zero attached hydrogens (tertiary/aromatic N) is 3. The molecule has 0 bridgehead atoms. The van der Waals surface area contributed by atoms with Gasteiger partial charge >= 0.3 is 23.9 Å². The molecule has 2 aromatic rings. The SMILES string of the molecule is COc1ccccc1N1CCN(CC(=O)N2c3ccccc3CC2C)CC1.O=C(O)C(=O)O.O=C(O)C(=O)O. The number of anilines is 2. The number of fused-ring (bicyclic) bond motifs is 1. The highest BCUT2D eigenvalue weighted by atomic mass is 16.5. The molecule has 1 atom stereocenters. The van der Waals surface area contributed by atoms with Gasteiger partial charge in [0.05, 0.1) is 19.3 Å². The highest BCUT2D eigenvalue weighted by Gasteiger charge is 2.32. The molecular weight excluding hydrogens is 514 g/mol. The first-order valence-electron chi connectivity index (χ1n) is 11.9. The monoisotopic (exact) mass is 545 g/mol. The lowest BCUT2D eigenvalue weighted by Crippen LogP contribution is -2.51. The Balaban J connectivity index is 0.000000374. The molecule has 2 aromatic carbocycles. The lowest BCUT2D eigenvalue weighted by Gasteiger charge is -2.37. The molecule has 39 heavy (non-hydrogen) atoms. The first-order chi connectivity index (χ1) is 18.5. The topological polar surface area (TPSA) is 185 Å².